The van der Waals surface area contributed by atoms with Gasteiger partial charge in [0.25, 0.3) is 0 Å². The molecule has 2 unspecified atom stereocenters. The number of ether oxygens (including phenoxy) is 2. The molecule has 2 atom stereocenters. The predicted molar refractivity (Wildman–Crippen MR) is 73.7 cm³/mol. The van der Waals surface area contributed by atoms with Crippen molar-refractivity contribution in [3.8, 4) is 5.75 Å². The Morgan fingerprint density at radius 3 is 2.78 bits per heavy atom. The van der Waals surface area contributed by atoms with Gasteiger partial charge < -0.3 is 14.6 Å². The molecule has 0 aromatic heterocycles. The molecule has 0 radical (unpaired) electrons. The number of methoxy groups -OCH3 is 1. The minimum absolute atomic E-state index is 0.0497. The number of benzene rings is 1. The standard InChI is InChI=1S/C14H19BrO3/c1-17-11-3-2-4-12(8-11)18-14-6-5-10(9-16)7-13(14)15/h5-7,11-12,16H,2-4,8-9H2,1H3. The van der Waals surface area contributed by atoms with Crippen LogP contribution in [0.3, 0.4) is 0 Å². The summed E-state index contributed by atoms with van der Waals surface area (Å²) in [5.41, 5.74) is 0.882. The Balaban J connectivity index is 2.00. The van der Waals surface area contributed by atoms with Crippen LogP contribution < -0.4 is 4.74 Å². The smallest absolute Gasteiger partial charge is 0.133 e. The zero-order valence-electron chi connectivity index (χ0n) is 10.6. The van der Waals surface area contributed by atoms with E-state index in [1.54, 1.807) is 7.11 Å². The second-order valence-electron chi connectivity index (χ2n) is 4.69. The quantitative estimate of drug-likeness (QED) is 0.927. The molecule has 1 fully saturated rings. The summed E-state index contributed by atoms with van der Waals surface area (Å²) < 4.78 is 12.3. The maximum absolute atomic E-state index is 9.06. The minimum atomic E-state index is 0.0497. The molecule has 1 aliphatic rings. The van der Waals surface area contributed by atoms with Crippen molar-refractivity contribution in [2.24, 2.45) is 0 Å². The average Bonchev–Trinajstić information content (AvgIpc) is 2.41. The molecule has 0 heterocycles. The van der Waals surface area contributed by atoms with Gasteiger partial charge in [0, 0.05) is 13.5 Å². The van der Waals surface area contributed by atoms with Crippen molar-refractivity contribution in [1.82, 2.24) is 0 Å². The van der Waals surface area contributed by atoms with Crippen LogP contribution >= 0.6 is 15.9 Å². The van der Waals surface area contributed by atoms with Gasteiger partial charge in [-0.05, 0) is 52.9 Å². The van der Waals surface area contributed by atoms with Crippen LogP contribution in [0.4, 0.5) is 0 Å². The van der Waals surface area contributed by atoms with Crippen molar-refractivity contribution in [1.29, 1.82) is 0 Å². The van der Waals surface area contributed by atoms with E-state index in [9.17, 15) is 0 Å². The van der Waals surface area contributed by atoms with Gasteiger partial charge in [-0.2, -0.15) is 0 Å². The second-order valence-corrected chi connectivity index (χ2v) is 5.54. The topological polar surface area (TPSA) is 38.7 Å². The number of halogens is 1. The van der Waals surface area contributed by atoms with Crippen molar-refractivity contribution in [2.75, 3.05) is 7.11 Å². The molecule has 1 N–H and O–H groups in total. The Labute approximate surface area is 116 Å². The van der Waals surface area contributed by atoms with Crippen LogP contribution in [0.25, 0.3) is 0 Å². The molecule has 100 valence electrons. The number of aliphatic hydroxyl groups is 1. The van der Waals surface area contributed by atoms with Crippen LogP contribution in [0.2, 0.25) is 0 Å². The SMILES string of the molecule is COC1CCCC(Oc2ccc(CO)cc2Br)C1. The van der Waals surface area contributed by atoms with E-state index in [-0.39, 0.29) is 12.7 Å². The number of hydrogen-bond donors (Lipinski definition) is 1. The first-order chi connectivity index (χ1) is 8.72. The number of aliphatic hydroxyl groups excluding tert-OH is 1. The van der Waals surface area contributed by atoms with E-state index in [1.165, 1.54) is 0 Å². The third-order valence-electron chi connectivity index (χ3n) is 3.38. The summed E-state index contributed by atoms with van der Waals surface area (Å²) in [6, 6.07) is 5.69. The Bertz CT molecular complexity index is 395. The highest BCUT2D eigenvalue weighted by Crippen LogP contribution is 2.30. The molecule has 0 spiro atoms. The average molecular weight is 315 g/mol. The fourth-order valence-corrected chi connectivity index (χ4v) is 2.86. The Kier molecular flexibility index (Phi) is 5.03. The molecule has 2 rings (SSSR count). The second kappa shape index (κ2) is 6.55. The summed E-state index contributed by atoms with van der Waals surface area (Å²) in [5, 5.41) is 9.06. The van der Waals surface area contributed by atoms with E-state index < -0.39 is 0 Å². The first kappa shape index (κ1) is 13.8. The van der Waals surface area contributed by atoms with Gasteiger partial charge in [0.1, 0.15) is 11.9 Å². The van der Waals surface area contributed by atoms with E-state index in [0.29, 0.717) is 6.10 Å². The molecule has 0 amide bonds. The lowest BCUT2D eigenvalue weighted by Crippen LogP contribution is -2.29. The highest BCUT2D eigenvalue weighted by molar-refractivity contribution is 9.10. The summed E-state index contributed by atoms with van der Waals surface area (Å²) in [7, 11) is 1.76. The number of rotatable bonds is 4. The van der Waals surface area contributed by atoms with Gasteiger partial charge >= 0.3 is 0 Å². The normalized spacial score (nSPS) is 23.9. The first-order valence-corrected chi connectivity index (χ1v) is 7.11. The molecule has 4 heteroatoms. The van der Waals surface area contributed by atoms with Crippen LogP contribution in [0, 0.1) is 0 Å². The van der Waals surface area contributed by atoms with Crippen molar-refractivity contribution >= 4 is 15.9 Å². The van der Waals surface area contributed by atoms with E-state index >= 15 is 0 Å². The molecule has 1 aliphatic carbocycles. The molecular formula is C14H19BrO3. The molecule has 18 heavy (non-hydrogen) atoms. The van der Waals surface area contributed by atoms with Gasteiger partial charge in [-0.1, -0.05) is 6.07 Å². The van der Waals surface area contributed by atoms with Gasteiger partial charge in [-0.25, -0.2) is 0 Å². The predicted octanol–water partition coefficient (Wildman–Crippen LogP) is 3.28. The zero-order chi connectivity index (χ0) is 13.0. The summed E-state index contributed by atoms with van der Waals surface area (Å²) in [4.78, 5) is 0. The highest BCUT2D eigenvalue weighted by Gasteiger charge is 2.23. The summed E-state index contributed by atoms with van der Waals surface area (Å²) in [6.07, 6.45) is 4.84. The van der Waals surface area contributed by atoms with Crippen LogP contribution in [0.1, 0.15) is 31.2 Å². The van der Waals surface area contributed by atoms with Crippen LogP contribution in [0.15, 0.2) is 22.7 Å². The third-order valence-corrected chi connectivity index (χ3v) is 4.00. The van der Waals surface area contributed by atoms with Gasteiger partial charge in [0.15, 0.2) is 0 Å². The van der Waals surface area contributed by atoms with Crippen molar-refractivity contribution in [3.63, 3.8) is 0 Å². The minimum Gasteiger partial charge on any atom is -0.489 e. The van der Waals surface area contributed by atoms with Gasteiger partial charge in [-0.3, -0.25) is 0 Å². The molecule has 1 aromatic rings. The summed E-state index contributed by atoms with van der Waals surface area (Å²) in [5.74, 6) is 0.842. The molecule has 1 saturated carbocycles. The lowest BCUT2D eigenvalue weighted by Gasteiger charge is -2.29. The Morgan fingerprint density at radius 1 is 1.33 bits per heavy atom. The third kappa shape index (κ3) is 3.46. The van der Waals surface area contributed by atoms with Crippen LogP contribution in [0.5, 0.6) is 5.75 Å². The molecule has 0 aliphatic heterocycles. The lowest BCUT2D eigenvalue weighted by atomic mass is 9.95. The first-order valence-electron chi connectivity index (χ1n) is 6.31. The summed E-state index contributed by atoms with van der Waals surface area (Å²) >= 11 is 3.48. The fraction of sp³-hybridized carbons (Fsp3) is 0.571. The molecule has 0 saturated heterocycles. The molecule has 0 bridgehead atoms. The lowest BCUT2D eigenvalue weighted by molar-refractivity contribution is 0.0207. The van der Waals surface area contributed by atoms with Gasteiger partial charge in [0.05, 0.1) is 17.2 Å². The molecular weight excluding hydrogens is 296 g/mol. The van der Waals surface area contributed by atoms with E-state index in [2.05, 4.69) is 15.9 Å². The Hall–Kier alpha value is -0.580. The largest absolute Gasteiger partial charge is 0.489 e. The number of hydrogen-bond acceptors (Lipinski definition) is 3. The summed E-state index contributed by atoms with van der Waals surface area (Å²) in [6.45, 7) is 0.0497. The Morgan fingerprint density at radius 2 is 2.11 bits per heavy atom. The fourth-order valence-electron chi connectivity index (χ4n) is 2.34. The highest BCUT2D eigenvalue weighted by atomic mass is 79.9. The van der Waals surface area contributed by atoms with Crippen molar-refractivity contribution < 1.29 is 14.6 Å². The van der Waals surface area contributed by atoms with Gasteiger partial charge in [-0.15, -0.1) is 0 Å². The zero-order valence-corrected chi connectivity index (χ0v) is 12.1. The van der Waals surface area contributed by atoms with Gasteiger partial charge in [0.2, 0.25) is 0 Å². The van der Waals surface area contributed by atoms with Crippen molar-refractivity contribution in [3.05, 3.63) is 28.2 Å². The molecule has 1 aromatic carbocycles. The van der Waals surface area contributed by atoms with E-state index in [1.807, 2.05) is 18.2 Å². The van der Waals surface area contributed by atoms with Crippen molar-refractivity contribution in [2.45, 2.75) is 44.5 Å². The van der Waals surface area contributed by atoms with Crippen LogP contribution in [-0.2, 0) is 11.3 Å². The van der Waals surface area contributed by atoms with E-state index in [4.69, 9.17) is 14.6 Å². The van der Waals surface area contributed by atoms with E-state index in [0.717, 1.165) is 41.5 Å². The molecule has 3 nitrogen and oxygen atoms in total. The maximum Gasteiger partial charge on any atom is 0.133 e. The maximum atomic E-state index is 9.06. The monoisotopic (exact) mass is 314 g/mol. The van der Waals surface area contributed by atoms with Crippen LogP contribution in [-0.4, -0.2) is 24.4 Å².